The van der Waals surface area contributed by atoms with Crippen molar-refractivity contribution in [2.75, 3.05) is 6.61 Å². The summed E-state index contributed by atoms with van der Waals surface area (Å²) in [6.45, 7) is 1.86. The highest BCUT2D eigenvalue weighted by atomic mass is 19.1. The van der Waals surface area contributed by atoms with Crippen LogP contribution in [0.2, 0.25) is 0 Å². The fourth-order valence-electron chi connectivity index (χ4n) is 3.17. The van der Waals surface area contributed by atoms with Crippen LogP contribution >= 0.6 is 0 Å². The molecule has 0 radical (unpaired) electrons. The summed E-state index contributed by atoms with van der Waals surface area (Å²) in [5.74, 6) is -1.01. The molecule has 0 bridgehead atoms. The van der Waals surface area contributed by atoms with Gasteiger partial charge in [0.2, 0.25) is 0 Å². The highest BCUT2D eigenvalue weighted by molar-refractivity contribution is 6.09. The Balaban J connectivity index is 1.72. The number of hydrogen-bond acceptors (Lipinski definition) is 4. The van der Waals surface area contributed by atoms with Crippen LogP contribution in [-0.4, -0.2) is 12.6 Å². The lowest BCUT2D eigenvalue weighted by Crippen LogP contribution is -2.05. The van der Waals surface area contributed by atoms with Gasteiger partial charge in [0.15, 0.2) is 0 Å². The molecule has 0 amide bonds. The van der Waals surface area contributed by atoms with E-state index in [1.54, 1.807) is 25.1 Å². The molecular formula is C24H18F2O4. The molecular weight excluding hydrogens is 390 g/mol. The molecule has 0 atom stereocenters. The monoisotopic (exact) mass is 408 g/mol. The molecule has 0 saturated heterocycles. The molecule has 0 saturated carbocycles. The summed E-state index contributed by atoms with van der Waals surface area (Å²) in [4.78, 5) is 12.7. The molecule has 0 aliphatic rings. The highest BCUT2D eigenvalue weighted by Crippen LogP contribution is 2.36. The van der Waals surface area contributed by atoms with E-state index in [0.29, 0.717) is 28.0 Å². The molecule has 152 valence electrons. The summed E-state index contributed by atoms with van der Waals surface area (Å²) in [6.07, 6.45) is 0. The lowest BCUT2D eigenvalue weighted by molar-refractivity contribution is 0.0528. The van der Waals surface area contributed by atoms with Crippen molar-refractivity contribution in [2.24, 2.45) is 0 Å². The molecule has 0 N–H and O–H groups in total. The molecule has 0 fully saturated rings. The predicted octanol–water partition coefficient (Wildman–Crippen LogP) is 6.13. The van der Waals surface area contributed by atoms with Crippen molar-refractivity contribution in [2.45, 2.75) is 13.5 Å². The van der Waals surface area contributed by atoms with Gasteiger partial charge in [0, 0.05) is 22.6 Å². The van der Waals surface area contributed by atoms with Gasteiger partial charge in [0.1, 0.15) is 40.9 Å². The third kappa shape index (κ3) is 3.89. The number of esters is 1. The van der Waals surface area contributed by atoms with Crippen molar-refractivity contribution in [3.63, 3.8) is 0 Å². The van der Waals surface area contributed by atoms with Crippen molar-refractivity contribution in [1.82, 2.24) is 0 Å². The molecule has 1 heterocycles. The van der Waals surface area contributed by atoms with Gasteiger partial charge in [-0.3, -0.25) is 0 Å². The topological polar surface area (TPSA) is 48.7 Å². The molecule has 6 heteroatoms. The van der Waals surface area contributed by atoms with Gasteiger partial charge in [-0.25, -0.2) is 13.6 Å². The van der Waals surface area contributed by atoms with Gasteiger partial charge in [-0.2, -0.15) is 0 Å². The first kappa shape index (κ1) is 19.6. The summed E-state index contributed by atoms with van der Waals surface area (Å²) >= 11 is 0. The smallest absolute Gasteiger partial charge is 0.342 e. The normalized spacial score (nSPS) is 10.9. The first-order chi connectivity index (χ1) is 14.6. The fraction of sp³-hybridized carbons (Fsp3) is 0.125. The van der Waals surface area contributed by atoms with E-state index in [1.807, 2.05) is 30.3 Å². The number of rotatable bonds is 6. The minimum atomic E-state index is -0.682. The Morgan fingerprint density at radius 1 is 1.00 bits per heavy atom. The number of halogens is 2. The minimum Gasteiger partial charge on any atom is -0.489 e. The second-order valence-electron chi connectivity index (χ2n) is 6.58. The van der Waals surface area contributed by atoms with Gasteiger partial charge in [-0.05, 0) is 37.3 Å². The average molecular weight is 408 g/mol. The maximum absolute atomic E-state index is 13.9. The van der Waals surface area contributed by atoms with Crippen LogP contribution in [0.1, 0.15) is 22.8 Å². The number of furan rings is 1. The molecule has 3 aromatic carbocycles. The number of hydrogen-bond donors (Lipinski definition) is 0. The van der Waals surface area contributed by atoms with Gasteiger partial charge >= 0.3 is 5.97 Å². The second-order valence-corrected chi connectivity index (χ2v) is 6.58. The molecule has 30 heavy (non-hydrogen) atoms. The molecule has 0 spiro atoms. The lowest BCUT2D eigenvalue weighted by Gasteiger charge is -2.08. The van der Waals surface area contributed by atoms with Crippen LogP contribution in [0.3, 0.4) is 0 Å². The first-order valence-electron chi connectivity index (χ1n) is 9.42. The molecule has 0 unspecified atom stereocenters. The van der Waals surface area contributed by atoms with E-state index in [0.717, 1.165) is 11.6 Å². The van der Waals surface area contributed by atoms with Crippen LogP contribution in [-0.2, 0) is 11.3 Å². The van der Waals surface area contributed by atoms with Gasteiger partial charge in [-0.15, -0.1) is 0 Å². The Labute approximate surface area is 171 Å². The average Bonchev–Trinajstić information content (AvgIpc) is 3.13. The molecule has 1 aromatic heterocycles. The van der Waals surface area contributed by atoms with E-state index in [2.05, 4.69) is 0 Å². The van der Waals surface area contributed by atoms with E-state index < -0.39 is 17.6 Å². The second kappa shape index (κ2) is 8.37. The zero-order chi connectivity index (χ0) is 21.1. The van der Waals surface area contributed by atoms with Crippen LogP contribution in [0, 0.1) is 11.6 Å². The third-order valence-electron chi connectivity index (χ3n) is 4.58. The number of ether oxygens (including phenoxy) is 2. The zero-order valence-electron chi connectivity index (χ0n) is 16.2. The van der Waals surface area contributed by atoms with E-state index in [-0.39, 0.29) is 18.8 Å². The van der Waals surface area contributed by atoms with Crippen LogP contribution in [0.4, 0.5) is 8.78 Å². The lowest BCUT2D eigenvalue weighted by atomic mass is 10.1. The number of carbonyl (C=O) groups is 1. The van der Waals surface area contributed by atoms with Crippen molar-refractivity contribution in [3.8, 4) is 17.1 Å². The largest absolute Gasteiger partial charge is 0.489 e. The van der Waals surface area contributed by atoms with Gasteiger partial charge < -0.3 is 13.9 Å². The standard InChI is InChI=1S/C24H18F2O4/c1-2-28-24(27)22-19-13-18(29-14-16-8-9-17(25)12-20(16)26)10-11-21(19)30-23(22)15-6-4-3-5-7-15/h3-13H,2,14H2,1H3. The Kier molecular flexibility index (Phi) is 5.48. The molecule has 4 aromatic rings. The van der Waals surface area contributed by atoms with Gasteiger partial charge in [0.25, 0.3) is 0 Å². The van der Waals surface area contributed by atoms with Crippen molar-refractivity contribution >= 4 is 16.9 Å². The molecule has 4 rings (SSSR count). The van der Waals surface area contributed by atoms with Crippen molar-refractivity contribution < 1.29 is 27.5 Å². The zero-order valence-corrected chi connectivity index (χ0v) is 16.2. The molecule has 0 aliphatic heterocycles. The van der Waals surface area contributed by atoms with Crippen molar-refractivity contribution in [3.05, 3.63) is 89.5 Å². The Hall–Kier alpha value is -3.67. The van der Waals surface area contributed by atoms with E-state index in [1.165, 1.54) is 12.1 Å². The fourth-order valence-corrected chi connectivity index (χ4v) is 3.17. The van der Waals surface area contributed by atoms with Crippen LogP contribution in [0.15, 0.2) is 71.1 Å². The Morgan fingerprint density at radius 3 is 2.53 bits per heavy atom. The Bertz CT molecular complexity index is 1200. The van der Waals surface area contributed by atoms with Crippen molar-refractivity contribution in [1.29, 1.82) is 0 Å². The quantitative estimate of drug-likeness (QED) is 0.360. The summed E-state index contributed by atoms with van der Waals surface area (Å²) in [6, 6.07) is 17.6. The summed E-state index contributed by atoms with van der Waals surface area (Å²) < 4.78 is 43.8. The minimum absolute atomic E-state index is 0.0875. The van der Waals surface area contributed by atoms with Crippen LogP contribution < -0.4 is 4.74 Å². The van der Waals surface area contributed by atoms with E-state index in [4.69, 9.17) is 13.9 Å². The van der Waals surface area contributed by atoms with E-state index >= 15 is 0 Å². The Morgan fingerprint density at radius 2 is 1.80 bits per heavy atom. The maximum Gasteiger partial charge on any atom is 0.342 e. The summed E-state index contributed by atoms with van der Waals surface area (Å²) in [5, 5.41) is 0.532. The molecule has 0 aliphatic carbocycles. The summed E-state index contributed by atoms with van der Waals surface area (Å²) in [7, 11) is 0. The highest BCUT2D eigenvalue weighted by Gasteiger charge is 2.23. The number of carbonyl (C=O) groups excluding carboxylic acids is 1. The van der Waals surface area contributed by atoms with E-state index in [9.17, 15) is 13.6 Å². The van der Waals surface area contributed by atoms with Gasteiger partial charge in [0.05, 0.1) is 6.61 Å². The summed E-state index contributed by atoms with van der Waals surface area (Å²) in [5.41, 5.74) is 1.76. The number of benzene rings is 3. The molecule has 4 nitrogen and oxygen atoms in total. The number of fused-ring (bicyclic) bond motifs is 1. The van der Waals surface area contributed by atoms with Crippen LogP contribution in [0.5, 0.6) is 5.75 Å². The van der Waals surface area contributed by atoms with Crippen LogP contribution in [0.25, 0.3) is 22.3 Å². The predicted molar refractivity (Wildman–Crippen MR) is 108 cm³/mol. The third-order valence-corrected chi connectivity index (χ3v) is 4.58. The maximum atomic E-state index is 13.9. The van der Waals surface area contributed by atoms with Gasteiger partial charge in [-0.1, -0.05) is 30.3 Å². The SMILES string of the molecule is CCOC(=O)c1c(-c2ccccc2)oc2ccc(OCc3ccc(F)cc3F)cc12. The first-order valence-corrected chi connectivity index (χ1v) is 9.42.